The van der Waals surface area contributed by atoms with Crippen molar-refractivity contribution in [2.24, 2.45) is 0 Å². The van der Waals surface area contributed by atoms with Gasteiger partial charge in [-0.25, -0.2) is 4.79 Å². The number of para-hydroxylation sites is 1. The van der Waals surface area contributed by atoms with Crippen LogP contribution in [0.3, 0.4) is 0 Å². The maximum Gasteiger partial charge on any atom is 0.338 e. The van der Waals surface area contributed by atoms with Gasteiger partial charge in [0.05, 0.1) is 17.9 Å². The van der Waals surface area contributed by atoms with Crippen LogP contribution in [0.15, 0.2) is 48.5 Å². The molecular formula is C21H22N2O5. The van der Waals surface area contributed by atoms with Crippen molar-refractivity contribution in [2.75, 3.05) is 23.4 Å². The van der Waals surface area contributed by atoms with Gasteiger partial charge < -0.3 is 14.8 Å². The van der Waals surface area contributed by atoms with Gasteiger partial charge in [-0.15, -0.1) is 0 Å². The molecule has 1 N–H and O–H groups in total. The van der Waals surface area contributed by atoms with E-state index in [0.29, 0.717) is 17.1 Å². The molecule has 0 aliphatic carbocycles. The summed E-state index contributed by atoms with van der Waals surface area (Å²) in [5.41, 5.74) is 0.141. The minimum absolute atomic E-state index is 0.209. The Morgan fingerprint density at radius 2 is 1.86 bits per heavy atom. The molecule has 2 aromatic carbocycles. The van der Waals surface area contributed by atoms with Crippen LogP contribution in [0.4, 0.5) is 11.4 Å². The molecule has 0 aromatic heterocycles. The number of rotatable bonds is 5. The molecule has 0 atom stereocenters. The summed E-state index contributed by atoms with van der Waals surface area (Å²) in [6, 6.07) is 13.7. The first-order chi connectivity index (χ1) is 13.3. The monoisotopic (exact) mass is 382 g/mol. The SMILES string of the molecule is CCOC(=O)c1ccc2c(c1)N(CC(=O)Nc1ccccc1)C(=O)C(C)(C)O2. The van der Waals surface area contributed by atoms with Gasteiger partial charge in [0, 0.05) is 5.69 Å². The van der Waals surface area contributed by atoms with Crippen LogP contribution in [0.25, 0.3) is 0 Å². The molecule has 1 heterocycles. The van der Waals surface area contributed by atoms with E-state index in [1.54, 1.807) is 57.2 Å². The summed E-state index contributed by atoms with van der Waals surface area (Å²) < 4.78 is 10.8. The highest BCUT2D eigenvalue weighted by Crippen LogP contribution is 2.38. The van der Waals surface area contributed by atoms with Gasteiger partial charge in [-0.3, -0.25) is 14.5 Å². The zero-order chi connectivity index (χ0) is 20.3. The van der Waals surface area contributed by atoms with Crippen LogP contribution in [0.5, 0.6) is 5.75 Å². The van der Waals surface area contributed by atoms with Crippen LogP contribution in [0.2, 0.25) is 0 Å². The van der Waals surface area contributed by atoms with E-state index in [1.807, 2.05) is 6.07 Å². The van der Waals surface area contributed by atoms with E-state index in [4.69, 9.17) is 9.47 Å². The molecule has 0 unspecified atom stereocenters. The minimum Gasteiger partial charge on any atom is -0.476 e. The molecule has 0 spiro atoms. The van der Waals surface area contributed by atoms with Crippen LogP contribution < -0.4 is 15.0 Å². The molecule has 1 aliphatic rings. The van der Waals surface area contributed by atoms with Gasteiger partial charge in [-0.1, -0.05) is 18.2 Å². The van der Waals surface area contributed by atoms with Crippen molar-refractivity contribution in [3.8, 4) is 5.75 Å². The first-order valence-corrected chi connectivity index (χ1v) is 8.99. The van der Waals surface area contributed by atoms with Gasteiger partial charge in [0.1, 0.15) is 12.3 Å². The molecule has 2 amide bonds. The summed E-state index contributed by atoms with van der Waals surface area (Å²) in [7, 11) is 0. The number of hydrogen-bond acceptors (Lipinski definition) is 5. The summed E-state index contributed by atoms with van der Waals surface area (Å²) in [4.78, 5) is 38.8. The highest BCUT2D eigenvalue weighted by Gasteiger charge is 2.41. The average Bonchev–Trinajstić information content (AvgIpc) is 2.66. The van der Waals surface area contributed by atoms with E-state index >= 15 is 0 Å². The van der Waals surface area contributed by atoms with Gasteiger partial charge >= 0.3 is 5.97 Å². The van der Waals surface area contributed by atoms with Gasteiger partial charge in [-0.2, -0.15) is 0 Å². The molecule has 0 bridgehead atoms. The fourth-order valence-electron chi connectivity index (χ4n) is 2.93. The molecule has 146 valence electrons. The largest absolute Gasteiger partial charge is 0.476 e. The molecule has 2 aromatic rings. The number of carbonyl (C=O) groups excluding carboxylic acids is 3. The molecule has 3 rings (SSSR count). The van der Waals surface area contributed by atoms with Gasteiger partial charge in [-0.05, 0) is 51.1 Å². The third-order valence-electron chi connectivity index (χ3n) is 4.25. The molecule has 28 heavy (non-hydrogen) atoms. The molecule has 7 nitrogen and oxygen atoms in total. The third-order valence-corrected chi connectivity index (χ3v) is 4.25. The quantitative estimate of drug-likeness (QED) is 0.804. The second-order valence-electron chi connectivity index (χ2n) is 6.82. The lowest BCUT2D eigenvalue weighted by Crippen LogP contribution is -2.54. The Morgan fingerprint density at radius 1 is 1.14 bits per heavy atom. The topological polar surface area (TPSA) is 84.9 Å². The van der Waals surface area contributed by atoms with Crippen molar-refractivity contribution in [3.63, 3.8) is 0 Å². The Balaban J connectivity index is 1.90. The second kappa shape index (κ2) is 7.72. The van der Waals surface area contributed by atoms with Crippen LogP contribution >= 0.6 is 0 Å². The van der Waals surface area contributed by atoms with Crippen LogP contribution in [0.1, 0.15) is 31.1 Å². The Labute approximate surface area is 163 Å². The fourth-order valence-corrected chi connectivity index (χ4v) is 2.93. The first kappa shape index (κ1) is 19.4. The predicted octanol–water partition coefficient (Wildman–Crippen LogP) is 3.01. The molecular weight excluding hydrogens is 360 g/mol. The van der Waals surface area contributed by atoms with Crippen LogP contribution in [-0.2, 0) is 14.3 Å². The van der Waals surface area contributed by atoms with E-state index in [9.17, 15) is 14.4 Å². The van der Waals surface area contributed by atoms with Crippen LogP contribution in [0, 0.1) is 0 Å². The van der Waals surface area contributed by atoms with Gasteiger partial charge in [0.25, 0.3) is 5.91 Å². The Bertz CT molecular complexity index is 908. The molecule has 0 fully saturated rings. The van der Waals surface area contributed by atoms with Crippen molar-refractivity contribution in [2.45, 2.75) is 26.4 Å². The van der Waals surface area contributed by atoms with E-state index in [2.05, 4.69) is 5.32 Å². The number of anilines is 2. The molecule has 1 aliphatic heterocycles. The molecule has 0 saturated carbocycles. The Hall–Kier alpha value is -3.35. The van der Waals surface area contributed by atoms with Gasteiger partial charge in [0.2, 0.25) is 5.91 Å². The number of fused-ring (bicyclic) bond motifs is 1. The fraction of sp³-hybridized carbons (Fsp3) is 0.286. The zero-order valence-corrected chi connectivity index (χ0v) is 16.0. The number of hydrogen-bond donors (Lipinski definition) is 1. The van der Waals surface area contributed by atoms with Crippen molar-refractivity contribution in [1.82, 2.24) is 0 Å². The zero-order valence-electron chi connectivity index (χ0n) is 16.0. The van der Waals surface area contributed by atoms with Crippen molar-refractivity contribution in [1.29, 1.82) is 0 Å². The smallest absolute Gasteiger partial charge is 0.338 e. The van der Waals surface area contributed by atoms with Gasteiger partial charge in [0.15, 0.2) is 5.60 Å². The van der Waals surface area contributed by atoms with Crippen molar-refractivity contribution in [3.05, 3.63) is 54.1 Å². The number of benzene rings is 2. The summed E-state index contributed by atoms with van der Waals surface area (Å²) in [6.07, 6.45) is 0. The summed E-state index contributed by atoms with van der Waals surface area (Å²) in [6.45, 7) is 5.02. The van der Waals surface area contributed by atoms with Crippen LogP contribution in [-0.4, -0.2) is 36.5 Å². The number of esters is 1. The Kier molecular flexibility index (Phi) is 5.35. The number of amides is 2. The summed E-state index contributed by atoms with van der Waals surface area (Å²) in [5, 5.41) is 2.76. The first-order valence-electron chi connectivity index (χ1n) is 8.99. The summed E-state index contributed by atoms with van der Waals surface area (Å²) in [5.74, 6) is -0.810. The minimum atomic E-state index is -1.13. The lowest BCUT2D eigenvalue weighted by molar-refractivity contribution is -0.133. The lowest BCUT2D eigenvalue weighted by atomic mass is 10.0. The molecule has 0 saturated heterocycles. The van der Waals surface area contributed by atoms with E-state index in [0.717, 1.165) is 0 Å². The average molecular weight is 382 g/mol. The molecule has 0 radical (unpaired) electrons. The van der Waals surface area contributed by atoms with E-state index in [1.165, 1.54) is 11.0 Å². The van der Waals surface area contributed by atoms with Crippen molar-refractivity contribution < 1.29 is 23.9 Å². The highest BCUT2D eigenvalue weighted by atomic mass is 16.5. The predicted molar refractivity (Wildman–Crippen MR) is 105 cm³/mol. The highest BCUT2D eigenvalue weighted by molar-refractivity contribution is 6.08. The molecule has 7 heteroatoms. The third kappa shape index (κ3) is 3.98. The normalized spacial score (nSPS) is 14.7. The van der Waals surface area contributed by atoms with Crippen molar-refractivity contribution >= 4 is 29.2 Å². The maximum atomic E-state index is 12.9. The maximum absolute atomic E-state index is 12.9. The number of ether oxygens (including phenoxy) is 2. The number of nitrogens with zero attached hydrogens (tertiary/aromatic N) is 1. The Morgan fingerprint density at radius 3 is 2.54 bits per heavy atom. The standard InChI is InChI=1S/C21H22N2O5/c1-4-27-19(25)14-10-11-17-16(12-14)23(20(26)21(2,3)28-17)13-18(24)22-15-8-6-5-7-9-15/h5-12H,4,13H2,1-3H3,(H,22,24). The number of carbonyl (C=O) groups is 3. The lowest BCUT2D eigenvalue weighted by Gasteiger charge is -2.38. The second-order valence-corrected chi connectivity index (χ2v) is 6.82. The van der Waals surface area contributed by atoms with E-state index < -0.39 is 11.6 Å². The number of nitrogens with one attached hydrogen (secondary N) is 1. The van der Waals surface area contributed by atoms with E-state index in [-0.39, 0.29) is 30.5 Å². The summed E-state index contributed by atoms with van der Waals surface area (Å²) >= 11 is 0.